The average Bonchev–Trinajstić information content (AvgIpc) is 3.58. The molecule has 0 spiro atoms. The molecule has 2 atom stereocenters. The summed E-state index contributed by atoms with van der Waals surface area (Å²) in [5.41, 5.74) is 1.74. The number of benzene rings is 2. The van der Waals surface area contributed by atoms with Gasteiger partial charge in [0.15, 0.2) is 0 Å². The number of aromatic nitrogens is 1. The zero-order valence-electron chi connectivity index (χ0n) is 24.2. The minimum absolute atomic E-state index is 0.0439. The van der Waals surface area contributed by atoms with Crippen LogP contribution in [0.5, 0.6) is 5.75 Å². The Morgan fingerprint density at radius 3 is 2.71 bits per heavy atom. The summed E-state index contributed by atoms with van der Waals surface area (Å²) in [6.45, 7) is 0.419. The van der Waals surface area contributed by atoms with Gasteiger partial charge in [-0.25, -0.2) is 0 Å². The van der Waals surface area contributed by atoms with Gasteiger partial charge in [-0.05, 0) is 49.6 Å². The number of fused-ring (bicyclic) bond motifs is 2. The van der Waals surface area contributed by atoms with Gasteiger partial charge in [0, 0.05) is 36.3 Å². The number of hydrogen-bond donors (Lipinski definition) is 2. The minimum atomic E-state index is -1.05. The number of para-hydroxylation sites is 1. The molecule has 0 bridgehead atoms. The average molecular weight is 611 g/mol. The molecule has 0 aliphatic carbocycles. The van der Waals surface area contributed by atoms with Crippen LogP contribution < -0.4 is 15.4 Å². The van der Waals surface area contributed by atoms with Crippen LogP contribution in [-0.2, 0) is 19.1 Å². The van der Waals surface area contributed by atoms with Crippen LogP contribution in [-0.4, -0.2) is 65.2 Å². The molecule has 2 aromatic heterocycles. The van der Waals surface area contributed by atoms with Gasteiger partial charge < -0.3 is 19.2 Å². The minimum Gasteiger partial charge on any atom is -0.493 e. The summed E-state index contributed by atoms with van der Waals surface area (Å²) in [6.07, 6.45) is 3.99. The van der Waals surface area contributed by atoms with E-state index >= 15 is 0 Å². The Morgan fingerprint density at radius 2 is 1.91 bits per heavy atom. The Kier molecular flexibility index (Phi) is 8.65. The molecule has 12 nitrogen and oxygen atoms in total. The van der Waals surface area contributed by atoms with Gasteiger partial charge in [0.1, 0.15) is 35.8 Å². The Bertz CT molecular complexity index is 1740. The fraction of sp³-hybridized carbons (Fsp3) is 0.273. The van der Waals surface area contributed by atoms with Gasteiger partial charge in [0.25, 0.3) is 11.8 Å². The first-order chi connectivity index (χ1) is 21.9. The molecule has 2 aliphatic rings. The second-order valence-electron chi connectivity index (χ2n) is 10.7. The quantitative estimate of drug-likeness (QED) is 0.181. The van der Waals surface area contributed by atoms with Gasteiger partial charge in [-0.2, -0.15) is 0 Å². The fourth-order valence-electron chi connectivity index (χ4n) is 5.46. The van der Waals surface area contributed by atoms with Gasteiger partial charge in [0.2, 0.25) is 17.7 Å². The van der Waals surface area contributed by atoms with Gasteiger partial charge >= 0.3 is 0 Å². The van der Waals surface area contributed by atoms with Crippen LogP contribution >= 0.6 is 0 Å². The van der Waals surface area contributed by atoms with Crippen molar-refractivity contribution in [3.63, 3.8) is 0 Å². The maximum atomic E-state index is 13.2. The number of furan rings is 1. The van der Waals surface area contributed by atoms with E-state index in [0.29, 0.717) is 25.1 Å². The van der Waals surface area contributed by atoms with E-state index in [-0.39, 0.29) is 48.8 Å². The number of imide groups is 2. The van der Waals surface area contributed by atoms with Crippen molar-refractivity contribution in [1.82, 2.24) is 20.5 Å². The summed E-state index contributed by atoms with van der Waals surface area (Å²) in [4.78, 5) is 67.7. The zero-order valence-corrected chi connectivity index (χ0v) is 24.2. The van der Waals surface area contributed by atoms with Crippen molar-refractivity contribution in [2.24, 2.45) is 0 Å². The van der Waals surface area contributed by atoms with Crippen LogP contribution in [0, 0.1) is 0 Å². The van der Waals surface area contributed by atoms with Crippen molar-refractivity contribution in [3.05, 3.63) is 95.5 Å². The summed E-state index contributed by atoms with van der Waals surface area (Å²) in [7, 11) is 0. The third kappa shape index (κ3) is 6.31. The normalized spacial score (nSPS) is 16.9. The summed E-state index contributed by atoms with van der Waals surface area (Å²) in [5.74, 6) is -1.80. The zero-order chi connectivity index (χ0) is 31.3. The van der Waals surface area contributed by atoms with Crippen LogP contribution in [0.3, 0.4) is 0 Å². The van der Waals surface area contributed by atoms with Gasteiger partial charge in [-0.15, -0.1) is 0 Å². The van der Waals surface area contributed by atoms with Gasteiger partial charge in [0.05, 0.1) is 17.7 Å². The molecule has 0 saturated carbocycles. The smallest absolute Gasteiger partial charge is 0.266 e. The highest BCUT2D eigenvalue weighted by atomic mass is 16.5. The van der Waals surface area contributed by atoms with Crippen LogP contribution in [0.1, 0.15) is 63.8 Å². The first kappa shape index (κ1) is 29.7. The Hall–Kier alpha value is -5.36. The van der Waals surface area contributed by atoms with Crippen molar-refractivity contribution in [2.75, 3.05) is 19.8 Å². The predicted molar refractivity (Wildman–Crippen MR) is 159 cm³/mol. The molecule has 12 heteroatoms. The number of carbonyl (C=O) groups excluding carboxylic acids is 5. The lowest BCUT2D eigenvalue weighted by Gasteiger charge is -2.27. The number of nitrogens with zero attached hydrogens (tertiary/aromatic N) is 2. The molecule has 4 heterocycles. The second kappa shape index (κ2) is 13.1. The van der Waals surface area contributed by atoms with E-state index in [1.165, 1.54) is 6.07 Å². The number of ether oxygens (including phenoxy) is 2. The molecule has 1 fully saturated rings. The van der Waals surface area contributed by atoms with Crippen LogP contribution in [0.2, 0.25) is 0 Å². The third-order valence-electron chi connectivity index (χ3n) is 7.65. The van der Waals surface area contributed by atoms with E-state index in [4.69, 9.17) is 13.9 Å². The molecule has 2 aliphatic heterocycles. The molecule has 6 rings (SSSR count). The lowest BCUT2D eigenvalue weighted by atomic mass is 10.0. The number of amides is 5. The Labute approximate surface area is 257 Å². The molecular formula is C33H30N4O8. The van der Waals surface area contributed by atoms with Crippen LogP contribution in [0.15, 0.2) is 77.5 Å². The van der Waals surface area contributed by atoms with Crippen LogP contribution in [0.4, 0.5) is 0 Å². The molecule has 4 aromatic rings. The van der Waals surface area contributed by atoms with E-state index in [9.17, 15) is 24.0 Å². The number of carbonyl (C=O) groups is 5. The summed E-state index contributed by atoms with van der Waals surface area (Å²) in [6, 6.07) is 16.8. The van der Waals surface area contributed by atoms with Crippen molar-refractivity contribution < 1.29 is 37.9 Å². The number of piperidine rings is 1. The molecule has 5 amide bonds. The van der Waals surface area contributed by atoms with Crippen LogP contribution in [0.25, 0.3) is 11.0 Å². The highest BCUT2D eigenvalue weighted by molar-refractivity contribution is 6.24. The maximum Gasteiger partial charge on any atom is 0.266 e. The second-order valence-corrected chi connectivity index (χ2v) is 10.7. The lowest BCUT2D eigenvalue weighted by molar-refractivity contribution is -0.136. The van der Waals surface area contributed by atoms with Crippen molar-refractivity contribution in [2.45, 2.75) is 37.8 Å². The predicted octanol–water partition coefficient (Wildman–Crippen LogP) is 3.31. The summed E-state index contributed by atoms with van der Waals surface area (Å²) >= 11 is 0. The van der Waals surface area contributed by atoms with Gasteiger partial charge in [-0.1, -0.05) is 30.3 Å². The number of rotatable bonds is 12. The topological polar surface area (TPSA) is 157 Å². The van der Waals surface area contributed by atoms with Crippen molar-refractivity contribution in [1.29, 1.82) is 0 Å². The summed E-state index contributed by atoms with van der Waals surface area (Å²) < 4.78 is 17.8. The first-order valence-corrected chi connectivity index (χ1v) is 14.6. The first-order valence-electron chi connectivity index (χ1n) is 14.6. The number of hydrogen-bond acceptors (Lipinski definition) is 9. The molecule has 2 unspecified atom stereocenters. The standard InChI is InChI=1S/C33H30N4O8/c38-27-13-12-23(31(40)36-27)37-32(41)22-9-5-11-25(29(22)33(37)42)43-16-4-3-15-35-28(39)19-44-30(21-8-6-14-34-18-21)26-17-20-7-1-2-10-24(20)45-26/h1-2,5-11,14,17-18,23,30H,3-4,12-13,15-16,19H2,(H,35,39)(H,36,38,40). The molecule has 2 aromatic carbocycles. The number of nitrogens with one attached hydrogen (secondary N) is 2. The van der Waals surface area contributed by atoms with E-state index in [1.807, 2.05) is 36.4 Å². The largest absolute Gasteiger partial charge is 0.493 e. The SMILES string of the molecule is O=C(COC(c1cccnc1)c1cc2ccccc2o1)NCCCCOc1cccc2c1C(=O)N(C1CCC(=O)NC1=O)C2=O. The molecular weight excluding hydrogens is 580 g/mol. The highest BCUT2D eigenvalue weighted by Crippen LogP contribution is 2.34. The van der Waals surface area contributed by atoms with Crippen molar-refractivity contribution >= 4 is 40.5 Å². The van der Waals surface area contributed by atoms with Gasteiger partial charge in [-0.3, -0.25) is 39.2 Å². The van der Waals surface area contributed by atoms with E-state index < -0.39 is 35.8 Å². The molecule has 0 radical (unpaired) electrons. The summed E-state index contributed by atoms with van der Waals surface area (Å²) in [5, 5.41) is 5.95. The van der Waals surface area contributed by atoms with E-state index in [2.05, 4.69) is 15.6 Å². The molecule has 230 valence electrons. The number of unbranched alkanes of at least 4 members (excludes halogenated alkanes) is 1. The van der Waals surface area contributed by atoms with E-state index in [0.717, 1.165) is 21.4 Å². The van der Waals surface area contributed by atoms with Crippen molar-refractivity contribution in [3.8, 4) is 5.75 Å². The lowest BCUT2D eigenvalue weighted by Crippen LogP contribution is -2.54. The van der Waals surface area contributed by atoms with E-state index in [1.54, 1.807) is 30.6 Å². The number of pyridine rings is 1. The molecule has 2 N–H and O–H groups in total. The molecule has 1 saturated heterocycles. The highest BCUT2D eigenvalue weighted by Gasteiger charge is 2.46. The molecule has 45 heavy (non-hydrogen) atoms. The fourth-order valence-corrected chi connectivity index (χ4v) is 5.46. The Morgan fingerprint density at radius 1 is 1.04 bits per heavy atom. The Balaban J connectivity index is 0.980. The maximum absolute atomic E-state index is 13.2. The monoisotopic (exact) mass is 610 g/mol. The third-order valence-corrected chi connectivity index (χ3v) is 7.65.